The number of rotatable bonds is 6. The molecule has 3 N–H and O–H groups in total. The maximum atomic E-state index is 12.5. The molecule has 2 aromatic heterocycles. The lowest BCUT2D eigenvalue weighted by Gasteiger charge is -2.18. The molecule has 3 rings (SSSR count). The van der Waals surface area contributed by atoms with E-state index in [0.717, 1.165) is 62.2 Å². The molecule has 2 aromatic rings. The van der Waals surface area contributed by atoms with E-state index in [0.29, 0.717) is 12.2 Å². The van der Waals surface area contributed by atoms with Crippen LogP contribution < -0.4 is 11.1 Å². The van der Waals surface area contributed by atoms with E-state index in [1.165, 1.54) is 0 Å². The second-order valence-electron chi connectivity index (χ2n) is 6.06. The standard InChI is InChI=1S/C17H24N6O/c1-2-14-19-9-11-23(14)10-5-8-20-16(24)15-12-6-3-4-7-13(12)21-17(18)22-15/h9,11H,2-8,10H2,1H3,(H,20,24)(H2,18,21,22). The molecule has 0 unspecified atom stereocenters. The Kier molecular flexibility index (Phi) is 5.08. The topological polar surface area (TPSA) is 98.7 Å². The Morgan fingerprint density at radius 1 is 1.33 bits per heavy atom. The number of anilines is 1. The molecule has 0 spiro atoms. The van der Waals surface area contributed by atoms with Gasteiger partial charge in [-0.05, 0) is 32.1 Å². The molecule has 2 heterocycles. The molecule has 0 bridgehead atoms. The van der Waals surface area contributed by atoms with Crippen molar-refractivity contribution in [1.82, 2.24) is 24.8 Å². The number of aromatic nitrogens is 4. The van der Waals surface area contributed by atoms with Gasteiger partial charge in [0.25, 0.3) is 5.91 Å². The number of nitrogens with one attached hydrogen (secondary N) is 1. The van der Waals surface area contributed by atoms with E-state index in [4.69, 9.17) is 5.73 Å². The van der Waals surface area contributed by atoms with Gasteiger partial charge in [-0.3, -0.25) is 4.79 Å². The minimum atomic E-state index is -0.149. The molecule has 1 aliphatic carbocycles. The van der Waals surface area contributed by atoms with Crippen LogP contribution in [0.3, 0.4) is 0 Å². The highest BCUT2D eigenvalue weighted by atomic mass is 16.1. The Balaban J connectivity index is 1.58. The zero-order valence-electron chi connectivity index (χ0n) is 14.1. The first-order valence-electron chi connectivity index (χ1n) is 8.62. The zero-order chi connectivity index (χ0) is 16.9. The van der Waals surface area contributed by atoms with Gasteiger partial charge in [0, 0.05) is 43.2 Å². The number of hydrogen-bond acceptors (Lipinski definition) is 5. The SMILES string of the molecule is CCc1nccn1CCCNC(=O)c1nc(N)nc2c1CCCC2. The number of nitrogens with two attached hydrogens (primary N) is 1. The number of carbonyl (C=O) groups is 1. The summed E-state index contributed by atoms with van der Waals surface area (Å²) in [6.07, 6.45) is 9.44. The molecular formula is C17H24N6O. The van der Waals surface area contributed by atoms with Crippen molar-refractivity contribution in [2.75, 3.05) is 12.3 Å². The monoisotopic (exact) mass is 328 g/mol. The molecule has 128 valence electrons. The molecule has 7 nitrogen and oxygen atoms in total. The van der Waals surface area contributed by atoms with Crippen LogP contribution in [0.25, 0.3) is 0 Å². The number of nitrogens with zero attached hydrogens (tertiary/aromatic N) is 4. The quantitative estimate of drug-likeness (QED) is 0.783. The van der Waals surface area contributed by atoms with E-state index in [2.05, 4.69) is 31.8 Å². The lowest BCUT2D eigenvalue weighted by molar-refractivity contribution is 0.0946. The van der Waals surface area contributed by atoms with Gasteiger partial charge in [-0.2, -0.15) is 0 Å². The van der Waals surface area contributed by atoms with Crippen molar-refractivity contribution in [2.45, 2.75) is 52.0 Å². The lowest BCUT2D eigenvalue weighted by Crippen LogP contribution is -2.29. The Hall–Kier alpha value is -2.44. The van der Waals surface area contributed by atoms with Crippen molar-refractivity contribution in [3.8, 4) is 0 Å². The molecule has 24 heavy (non-hydrogen) atoms. The second-order valence-corrected chi connectivity index (χ2v) is 6.06. The molecule has 0 fully saturated rings. The summed E-state index contributed by atoms with van der Waals surface area (Å²) in [5.41, 5.74) is 8.12. The van der Waals surface area contributed by atoms with Crippen LogP contribution in [-0.2, 0) is 25.8 Å². The van der Waals surface area contributed by atoms with Crippen LogP contribution in [0, 0.1) is 0 Å². The summed E-state index contributed by atoms with van der Waals surface area (Å²) in [5.74, 6) is 1.11. The molecule has 7 heteroatoms. The first-order chi connectivity index (χ1) is 11.7. The fourth-order valence-corrected chi connectivity index (χ4v) is 3.19. The van der Waals surface area contributed by atoms with Gasteiger partial charge in [-0.25, -0.2) is 15.0 Å². The minimum Gasteiger partial charge on any atom is -0.368 e. The van der Waals surface area contributed by atoms with E-state index in [9.17, 15) is 4.79 Å². The molecule has 0 radical (unpaired) electrons. The van der Waals surface area contributed by atoms with Crippen LogP contribution in [0.15, 0.2) is 12.4 Å². The van der Waals surface area contributed by atoms with Gasteiger partial charge < -0.3 is 15.6 Å². The van der Waals surface area contributed by atoms with Crippen molar-refractivity contribution in [2.24, 2.45) is 0 Å². The van der Waals surface area contributed by atoms with Gasteiger partial charge in [0.15, 0.2) is 0 Å². The predicted molar refractivity (Wildman–Crippen MR) is 91.6 cm³/mol. The molecule has 0 aliphatic heterocycles. The molecule has 1 aliphatic rings. The van der Waals surface area contributed by atoms with E-state index in [1.807, 2.05) is 12.4 Å². The number of aryl methyl sites for hydroxylation is 3. The number of imidazole rings is 1. The highest BCUT2D eigenvalue weighted by Crippen LogP contribution is 2.22. The predicted octanol–water partition coefficient (Wildman–Crippen LogP) is 1.52. The van der Waals surface area contributed by atoms with Crippen molar-refractivity contribution in [3.05, 3.63) is 35.2 Å². The van der Waals surface area contributed by atoms with Gasteiger partial charge in [0.05, 0.1) is 0 Å². The van der Waals surface area contributed by atoms with Gasteiger partial charge >= 0.3 is 0 Å². The molecular weight excluding hydrogens is 304 g/mol. The van der Waals surface area contributed by atoms with Gasteiger partial charge in [-0.15, -0.1) is 0 Å². The van der Waals surface area contributed by atoms with E-state index >= 15 is 0 Å². The summed E-state index contributed by atoms with van der Waals surface area (Å²) in [6.45, 7) is 3.52. The normalized spacial score (nSPS) is 13.5. The molecule has 0 saturated heterocycles. The summed E-state index contributed by atoms with van der Waals surface area (Å²) in [7, 11) is 0. The van der Waals surface area contributed by atoms with E-state index in [1.54, 1.807) is 0 Å². The molecule has 0 aromatic carbocycles. The highest BCUT2D eigenvalue weighted by Gasteiger charge is 2.21. The van der Waals surface area contributed by atoms with Crippen molar-refractivity contribution >= 4 is 11.9 Å². The third-order valence-corrected chi connectivity index (χ3v) is 4.39. The summed E-state index contributed by atoms with van der Waals surface area (Å²) < 4.78 is 2.12. The van der Waals surface area contributed by atoms with Crippen LogP contribution in [0.1, 0.15) is 53.8 Å². The van der Waals surface area contributed by atoms with Crippen LogP contribution in [-0.4, -0.2) is 32.0 Å². The average molecular weight is 328 g/mol. The number of amides is 1. The van der Waals surface area contributed by atoms with Crippen LogP contribution in [0.2, 0.25) is 0 Å². The van der Waals surface area contributed by atoms with Crippen molar-refractivity contribution in [1.29, 1.82) is 0 Å². The largest absolute Gasteiger partial charge is 0.368 e. The number of carbonyl (C=O) groups excluding carboxylic acids is 1. The summed E-state index contributed by atoms with van der Waals surface area (Å²) in [4.78, 5) is 25.2. The molecule has 1 amide bonds. The minimum absolute atomic E-state index is 0.149. The molecule has 0 saturated carbocycles. The van der Waals surface area contributed by atoms with Gasteiger partial charge in [0.1, 0.15) is 11.5 Å². The highest BCUT2D eigenvalue weighted by molar-refractivity contribution is 5.94. The van der Waals surface area contributed by atoms with Crippen molar-refractivity contribution in [3.63, 3.8) is 0 Å². The van der Waals surface area contributed by atoms with Gasteiger partial charge in [-0.1, -0.05) is 6.92 Å². The van der Waals surface area contributed by atoms with Crippen LogP contribution in [0.4, 0.5) is 5.95 Å². The Morgan fingerprint density at radius 2 is 2.17 bits per heavy atom. The maximum Gasteiger partial charge on any atom is 0.270 e. The summed E-state index contributed by atoms with van der Waals surface area (Å²) in [6, 6.07) is 0. The summed E-state index contributed by atoms with van der Waals surface area (Å²) in [5, 5.41) is 2.96. The average Bonchev–Trinajstić information content (AvgIpc) is 3.05. The number of fused-ring (bicyclic) bond motifs is 1. The Bertz CT molecular complexity index is 724. The first kappa shape index (κ1) is 16.4. The first-order valence-corrected chi connectivity index (χ1v) is 8.62. The van der Waals surface area contributed by atoms with Crippen LogP contribution >= 0.6 is 0 Å². The zero-order valence-corrected chi connectivity index (χ0v) is 14.1. The summed E-state index contributed by atoms with van der Waals surface area (Å²) >= 11 is 0. The van der Waals surface area contributed by atoms with E-state index < -0.39 is 0 Å². The fourth-order valence-electron chi connectivity index (χ4n) is 3.19. The maximum absolute atomic E-state index is 12.5. The van der Waals surface area contributed by atoms with Crippen LogP contribution in [0.5, 0.6) is 0 Å². The Labute approximate surface area is 141 Å². The van der Waals surface area contributed by atoms with E-state index in [-0.39, 0.29) is 11.9 Å². The third kappa shape index (κ3) is 3.55. The second kappa shape index (κ2) is 7.42. The number of nitrogen functional groups attached to an aromatic ring is 1. The Morgan fingerprint density at radius 3 is 3.00 bits per heavy atom. The third-order valence-electron chi connectivity index (χ3n) is 4.39. The van der Waals surface area contributed by atoms with Gasteiger partial charge in [0.2, 0.25) is 5.95 Å². The smallest absolute Gasteiger partial charge is 0.270 e. The molecule has 0 atom stereocenters. The lowest BCUT2D eigenvalue weighted by atomic mass is 9.94. The van der Waals surface area contributed by atoms with Crippen molar-refractivity contribution < 1.29 is 4.79 Å². The fraction of sp³-hybridized carbons (Fsp3) is 0.529. The number of hydrogen-bond donors (Lipinski definition) is 2.